The smallest absolute Gasteiger partial charge is 0.0858 e. The molecule has 1 fully saturated rings. The van der Waals surface area contributed by atoms with E-state index in [1.54, 1.807) is 0 Å². The monoisotopic (exact) mass is 269 g/mol. The fraction of sp³-hybridized carbons (Fsp3) is 0.444. The van der Waals surface area contributed by atoms with Crippen LogP contribution in [0.2, 0.25) is 0 Å². The average molecular weight is 269 g/mol. The molecule has 3 unspecified atom stereocenters. The van der Waals surface area contributed by atoms with E-state index in [1.165, 1.54) is 17.2 Å². The van der Waals surface area contributed by atoms with Crippen LogP contribution in [0.3, 0.4) is 0 Å². The van der Waals surface area contributed by atoms with Gasteiger partial charge in [-0.05, 0) is 41.2 Å². The molecule has 2 aromatic carbocycles. The fourth-order valence-electron chi connectivity index (χ4n) is 3.71. The minimum atomic E-state index is -0.456. The minimum absolute atomic E-state index is 0.137. The molecule has 0 heterocycles. The number of rotatable bonds is 3. The van der Waals surface area contributed by atoms with Crippen LogP contribution in [-0.2, 0) is 0 Å². The van der Waals surface area contributed by atoms with E-state index in [0.717, 1.165) is 18.4 Å². The summed E-state index contributed by atoms with van der Waals surface area (Å²) in [5, 5.41) is 13.3. The van der Waals surface area contributed by atoms with Gasteiger partial charge in [-0.2, -0.15) is 0 Å². The molecule has 106 valence electrons. The van der Waals surface area contributed by atoms with Crippen molar-refractivity contribution in [2.75, 3.05) is 6.54 Å². The van der Waals surface area contributed by atoms with E-state index >= 15 is 0 Å². The third-order valence-corrected chi connectivity index (χ3v) is 4.97. The molecule has 0 aliphatic heterocycles. The summed E-state index contributed by atoms with van der Waals surface area (Å²) >= 11 is 0. The number of hydrogen-bond acceptors (Lipinski definition) is 2. The predicted octanol–water partition coefficient (Wildman–Crippen LogP) is 3.64. The molecule has 3 rings (SSSR count). The van der Waals surface area contributed by atoms with Gasteiger partial charge in [0, 0.05) is 12.0 Å². The second-order valence-electron chi connectivity index (χ2n) is 6.42. The first-order chi connectivity index (χ1) is 9.64. The van der Waals surface area contributed by atoms with Gasteiger partial charge in [0.25, 0.3) is 0 Å². The zero-order chi connectivity index (χ0) is 14.2. The summed E-state index contributed by atoms with van der Waals surface area (Å²) in [6.07, 6.45) is 2.76. The number of aliphatic hydroxyl groups excluding tert-OH is 1. The Morgan fingerprint density at radius 1 is 1.25 bits per heavy atom. The van der Waals surface area contributed by atoms with Gasteiger partial charge in [0.15, 0.2) is 0 Å². The molecule has 20 heavy (non-hydrogen) atoms. The Kier molecular flexibility index (Phi) is 3.53. The average Bonchev–Trinajstić information content (AvgIpc) is 2.88. The van der Waals surface area contributed by atoms with Crippen LogP contribution >= 0.6 is 0 Å². The van der Waals surface area contributed by atoms with Crippen LogP contribution in [0, 0.1) is 11.3 Å². The summed E-state index contributed by atoms with van der Waals surface area (Å²) in [6.45, 7) is 2.82. The topological polar surface area (TPSA) is 46.2 Å². The van der Waals surface area contributed by atoms with Crippen molar-refractivity contribution in [3.63, 3.8) is 0 Å². The van der Waals surface area contributed by atoms with Crippen LogP contribution in [0.4, 0.5) is 0 Å². The van der Waals surface area contributed by atoms with Crippen LogP contribution in [0.5, 0.6) is 0 Å². The summed E-state index contributed by atoms with van der Waals surface area (Å²) in [6, 6.07) is 14.5. The number of aliphatic hydroxyl groups is 1. The second-order valence-corrected chi connectivity index (χ2v) is 6.42. The molecule has 0 aromatic heterocycles. The van der Waals surface area contributed by atoms with Crippen LogP contribution in [0.1, 0.15) is 37.9 Å². The van der Waals surface area contributed by atoms with Crippen molar-refractivity contribution < 1.29 is 5.11 Å². The highest BCUT2D eigenvalue weighted by molar-refractivity contribution is 5.83. The summed E-state index contributed by atoms with van der Waals surface area (Å²) < 4.78 is 0. The van der Waals surface area contributed by atoms with Crippen molar-refractivity contribution in [2.45, 2.75) is 32.3 Å². The van der Waals surface area contributed by atoms with Crippen LogP contribution < -0.4 is 5.73 Å². The highest BCUT2D eigenvalue weighted by Gasteiger charge is 2.42. The molecule has 0 spiro atoms. The zero-order valence-corrected chi connectivity index (χ0v) is 12.0. The van der Waals surface area contributed by atoms with E-state index < -0.39 is 6.10 Å². The summed E-state index contributed by atoms with van der Waals surface area (Å²) in [7, 11) is 0. The van der Waals surface area contributed by atoms with Gasteiger partial charge in [-0.3, -0.25) is 0 Å². The third-order valence-electron chi connectivity index (χ3n) is 4.97. The Bertz CT molecular complexity index is 609. The first kappa shape index (κ1) is 13.6. The van der Waals surface area contributed by atoms with Gasteiger partial charge in [-0.1, -0.05) is 49.7 Å². The van der Waals surface area contributed by atoms with Gasteiger partial charge < -0.3 is 10.8 Å². The first-order valence-electron chi connectivity index (χ1n) is 7.51. The molecule has 2 aromatic rings. The van der Waals surface area contributed by atoms with Crippen LogP contribution in [0.25, 0.3) is 10.8 Å². The van der Waals surface area contributed by atoms with E-state index in [0.29, 0.717) is 12.5 Å². The molecule has 1 aliphatic carbocycles. The van der Waals surface area contributed by atoms with E-state index in [-0.39, 0.29) is 5.41 Å². The highest BCUT2D eigenvalue weighted by atomic mass is 16.3. The lowest BCUT2D eigenvalue weighted by Gasteiger charge is -2.33. The van der Waals surface area contributed by atoms with Crippen molar-refractivity contribution in [2.24, 2.45) is 17.1 Å². The van der Waals surface area contributed by atoms with Crippen LogP contribution in [-0.4, -0.2) is 11.7 Å². The van der Waals surface area contributed by atoms with Gasteiger partial charge in [-0.15, -0.1) is 0 Å². The SMILES string of the molecule is CC1CCC(CN)(C(O)c2ccc3ccccc3c2)C1. The molecule has 1 saturated carbocycles. The predicted molar refractivity (Wildman–Crippen MR) is 83.4 cm³/mol. The molecule has 2 heteroatoms. The van der Waals surface area contributed by atoms with Crippen molar-refractivity contribution in [3.05, 3.63) is 48.0 Å². The normalized spacial score (nSPS) is 27.9. The lowest BCUT2D eigenvalue weighted by Crippen LogP contribution is -2.34. The van der Waals surface area contributed by atoms with E-state index in [2.05, 4.69) is 31.2 Å². The summed E-state index contributed by atoms with van der Waals surface area (Å²) in [4.78, 5) is 0. The lowest BCUT2D eigenvalue weighted by atomic mass is 9.76. The van der Waals surface area contributed by atoms with Crippen molar-refractivity contribution in [1.82, 2.24) is 0 Å². The molecular weight excluding hydrogens is 246 g/mol. The first-order valence-corrected chi connectivity index (χ1v) is 7.51. The molecule has 0 amide bonds. The van der Waals surface area contributed by atoms with E-state index in [4.69, 9.17) is 5.73 Å². The molecule has 2 nitrogen and oxygen atoms in total. The maximum Gasteiger partial charge on any atom is 0.0858 e. The Balaban J connectivity index is 1.97. The maximum atomic E-state index is 10.9. The standard InChI is InChI=1S/C18H23NO/c1-13-8-9-18(11-13,12-19)17(20)16-7-6-14-4-2-3-5-15(14)10-16/h2-7,10,13,17,20H,8-9,11-12,19H2,1H3. The summed E-state index contributed by atoms with van der Waals surface area (Å²) in [5.41, 5.74) is 6.89. The second kappa shape index (κ2) is 5.19. The van der Waals surface area contributed by atoms with E-state index in [9.17, 15) is 5.11 Å². The Labute approximate surface area is 120 Å². The Hall–Kier alpha value is -1.38. The number of hydrogen-bond donors (Lipinski definition) is 2. The third kappa shape index (κ3) is 2.23. The van der Waals surface area contributed by atoms with Crippen molar-refractivity contribution in [1.29, 1.82) is 0 Å². The number of benzene rings is 2. The Morgan fingerprint density at radius 3 is 2.65 bits per heavy atom. The molecule has 0 radical (unpaired) electrons. The van der Waals surface area contributed by atoms with Crippen molar-refractivity contribution in [3.8, 4) is 0 Å². The highest BCUT2D eigenvalue weighted by Crippen LogP contribution is 2.49. The van der Waals surface area contributed by atoms with Gasteiger partial charge >= 0.3 is 0 Å². The minimum Gasteiger partial charge on any atom is -0.388 e. The van der Waals surface area contributed by atoms with E-state index in [1.807, 2.05) is 18.2 Å². The van der Waals surface area contributed by atoms with Gasteiger partial charge in [0.05, 0.1) is 6.10 Å². The van der Waals surface area contributed by atoms with Crippen LogP contribution in [0.15, 0.2) is 42.5 Å². The molecule has 0 saturated heterocycles. The van der Waals surface area contributed by atoms with Gasteiger partial charge in [0.2, 0.25) is 0 Å². The van der Waals surface area contributed by atoms with Gasteiger partial charge in [0.1, 0.15) is 0 Å². The molecule has 0 bridgehead atoms. The maximum absolute atomic E-state index is 10.9. The summed E-state index contributed by atoms with van der Waals surface area (Å²) in [5.74, 6) is 0.661. The van der Waals surface area contributed by atoms with Crippen molar-refractivity contribution >= 4 is 10.8 Å². The molecule has 3 N–H and O–H groups in total. The molecule has 1 aliphatic rings. The number of nitrogens with two attached hydrogens (primary N) is 1. The fourth-order valence-corrected chi connectivity index (χ4v) is 3.71. The molecule has 3 atom stereocenters. The zero-order valence-electron chi connectivity index (χ0n) is 12.0. The quantitative estimate of drug-likeness (QED) is 0.893. The van der Waals surface area contributed by atoms with Gasteiger partial charge in [-0.25, -0.2) is 0 Å². The largest absolute Gasteiger partial charge is 0.388 e. The Morgan fingerprint density at radius 2 is 2.00 bits per heavy atom. The molecular formula is C18H23NO. The lowest BCUT2D eigenvalue weighted by molar-refractivity contribution is 0.0309. The number of fused-ring (bicyclic) bond motifs is 1.